The molecule has 1 heterocycles. The summed E-state index contributed by atoms with van der Waals surface area (Å²) in [5, 5.41) is 3.63. The Labute approximate surface area is 121 Å². The number of hydrogen-bond acceptors (Lipinski definition) is 7. The second-order valence-corrected chi connectivity index (χ2v) is 4.33. The van der Waals surface area contributed by atoms with Gasteiger partial charge in [-0.05, 0) is 24.6 Å². The lowest BCUT2D eigenvalue weighted by atomic mass is 10.3. The number of nitrogens with one attached hydrogen (secondary N) is 2. The molecule has 0 bridgehead atoms. The Morgan fingerprint density at radius 2 is 2.05 bits per heavy atom. The quantitative estimate of drug-likeness (QED) is 0.555. The van der Waals surface area contributed by atoms with E-state index in [-0.39, 0.29) is 12.0 Å². The van der Waals surface area contributed by atoms with E-state index in [4.69, 9.17) is 22.2 Å². The summed E-state index contributed by atoms with van der Waals surface area (Å²) >= 11 is 5.92. The van der Waals surface area contributed by atoms with Crippen LogP contribution in [-0.4, -0.2) is 21.6 Å². The van der Waals surface area contributed by atoms with Gasteiger partial charge in [0.25, 0.3) is 0 Å². The Balaban J connectivity index is 2.21. The highest BCUT2D eigenvalue weighted by atomic mass is 35.5. The van der Waals surface area contributed by atoms with Gasteiger partial charge >= 0.3 is 6.01 Å². The highest BCUT2D eigenvalue weighted by molar-refractivity contribution is 6.30. The summed E-state index contributed by atoms with van der Waals surface area (Å²) in [5.74, 6) is 5.87. The van der Waals surface area contributed by atoms with Crippen LogP contribution in [0.1, 0.15) is 13.3 Å². The SMILES string of the molecule is CCCOc1nc(NN)nc(Nc2cccc(Cl)c2)n1. The van der Waals surface area contributed by atoms with Gasteiger partial charge in [-0.15, -0.1) is 0 Å². The smallest absolute Gasteiger partial charge is 0.323 e. The first-order valence-corrected chi connectivity index (χ1v) is 6.47. The number of anilines is 3. The third kappa shape index (κ3) is 3.94. The lowest BCUT2D eigenvalue weighted by Crippen LogP contribution is -2.13. The van der Waals surface area contributed by atoms with Crippen LogP contribution in [-0.2, 0) is 0 Å². The predicted molar refractivity (Wildman–Crippen MR) is 78.2 cm³/mol. The van der Waals surface area contributed by atoms with Gasteiger partial charge in [-0.2, -0.15) is 15.0 Å². The molecule has 1 aromatic carbocycles. The number of rotatable bonds is 6. The fourth-order valence-corrected chi connectivity index (χ4v) is 1.62. The average molecular weight is 295 g/mol. The molecule has 0 atom stereocenters. The lowest BCUT2D eigenvalue weighted by molar-refractivity contribution is 0.292. The molecule has 8 heteroatoms. The van der Waals surface area contributed by atoms with Gasteiger partial charge in [0.2, 0.25) is 11.9 Å². The third-order valence-electron chi connectivity index (χ3n) is 2.26. The zero-order valence-electron chi connectivity index (χ0n) is 10.9. The van der Waals surface area contributed by atoms with Gasteiger partial charge in [-0.3, -0.25) is 5.43 Å². The molecule has 0 aliphatic carbocycles. The molecule has 0 amide bonds. The van der Waals surface area contributed by atoms with Crippen molar-refractivity contribution in [2.24, 2.45) is 5.84 Å². The molecule has 7 nitrogen and oxygen atoms in total. The van der Waals surface area contributed by atoms with Crippen LogP contribution in [0.15, 0.2) is 24.3 Å². The Kier molecular flexibility index (Phi) is 4.91. The number of hydrazine groups is 1. The monoisotopic (exact) mass is 294 g/mol. The Bertz CT molecular complexity index is 580. The van der Waals surface area contributed by atoms with Crippen molar-refractivity contribution in [3.63, 3.8) is 0 Å². The highest BCUT2D eigenvalue weighted by Gasteiger charge is 2.07. The Morgan fingerprint density at radius 3 is 2.75 bits per heavy atom. The van der Waals surface area contributed by atoms with E-state index in [1.165, 1.54) is 0 Å². The lowest BCUT2D eigenvalue weighted by Gasteiger charge is -2.09. The number of nitrogen functional groups attached to an aromatic ring is 1. The van der Waals surface area contributed by atoms with Crippen molar-refractivity contribution in [3.05, 3.63) is 29.3 Å². The molecule has 20 heavy (non-hydrogen) atoms. The maximum atomic E-state index is 5.92. The van der Waals surface area contributed by atoms with E-state index in [0.29, 0.717) is 17.6 Å². The van der Waals surface area contributed by atoms with Gasteiger partial charge in [0.15, 0.2) is 0 Å². The molecule has 0 fully saturated rings. The number of benzene rings is 1. The second-order valence-electron chi connectivity index (χ2n) is 3.89. The minimum absolute atomic E-state index is 0.208. The van der Waals surface area contributed by atoms with Crippen molar-refractivity contribution in [2.75, 3.05) is 17.3 Å². The number of nitrogens with zero attached hydrogens (tertiary/aromatic N) is 3. The van der Waals surface area contributed by atoms with E-state index < -0.39 is 0 Å². The molecular weight excluding hydrogens is 280 g/mol. The van der Waals surface area contributed by atoms with Gasteiger partial charge in [0.1, 0.15) is 0 Å². The molecule has 0 aliphatic rings. The van der Waals surface area contributed by atoms with Crippen molar-refractivity contribution in [2.45, 2.75) is 13.3 Å². The topological polar surface area (TPSA) is 98.0 Å². The van der Waals surface area contributed by atoms with Gasteiger partial charge in [-0.25, -0.2) is 5.84 Å². The molecule has 0 saturated heterocycles. The highest BCUT2D eigenvalue weighted by Crippen LogP contribution is 2.19. The Morgan fingerprint density at radius 1 is 1.25 bits per heavy atom. The van der Waals surface area contributed by atoms with E-state index in [2.05, 4.69) is 25.7 Å². The molecule has 2 aromatic rings. The second kappa shape index (κ2) is 6.88. The zero-order chi connectivity index (χ0) is 14.4. The molecule has 1 aromatic heterocycles. The summed E-state index contributed by atoms with van der Waals surface area (Å²) in [4.78, 5) is 12.2. The fourth-order valence-electron chi connectivity index (χ4n) is 1.43. The minimum atomic E-state index is 0.208. The number of hydrogen-bond donors (Lipinski definition) is 3. The van der Waals surface area contributed by atoms with E-state index >= 15 is 0 Å². The fraction of sp³-hybridized carbons (Fsp3) is 0.250. The third-order valence-corrected chi connectivity index (χ3v) is 2.50. The summed E-state index contributed by atoms with van der Waals surface area (Å²) in [6.45, 7) is 2.51. The number of ether oxygens (including phenoxy) is 1. The molecular formula is C12H15ClN6O. The van der Waals surface area contributed by atoms with Crippen LogP contribution in [0, 0.1) is 0 Å². The van der Waals surface area contributed by atoms with E-state index in [9.17, 15) is 0 Å². The molecule has 0 saturated carbocycles. The summed E-state index contributed by atoms with van der Waals surface area (Å²) in [6, 6.07) is 7.41. The number of aromatic nitrogens is 3. The minimum Gasteiger partial charge on any atom is -0.463 e. The molecule has 0 aliphatic heterocycles. The first-order valence-electron chi connectivity index (χ1n) is 6.09. The van der Waals surface area contributed by atoms with E-state index in [1.807, 2.05) is 19.1 Å². The zero-order valence-corrected chi connectivity index (χ0v) is 11.7. The molecule has 0 spiro atoms. The predicted octanol–water partition coefficient (Wildman–Crippen LogP) is 2.34. The van der Waals surface area contributed by atoms with Crippen molar-refractivity contribution in [1.29, 1.82) is 0 Å². The standard InChI is InChI=1S/C12H15ClN6O/c1-2-6-20-12-17-10(16-11(18-12)19-14)15-9-5-3-4-8(13)7-9/h3-5,7H,2,6,14H2,1H3,(H2,15,16,17,18,19). The van der Waals surface area contributed by atoms with Crippen LogP contribution in [0.2, 0.25) is 5.02 Å². The maximum Gasteiger partial charge on any atom is 0.323 e. The van der Waals surface area contributed by atoms with Crippen molar-refractivity contribution in [1.82, 2.24) is 15.0 Å². The molecule has 0 radical (unpaired) electrons. The first kappa shape index (κ1) is 14.3. The maximum absolute atomic E-state index is 5.92. The largest absolute Gasteiger partial charge is 0.463 e. The van der Waals surface area contributed by atoms with Crippen LogP contribution >= 0.6 is 11.6 Å². The molecule has 0 unspecified atom stereocenters. The van der Waals surface area contributed by atoms with Gasteiger partial charge < -0.3 is 10.1 Å². The normalized spacial score (nSPS) is 10.2. The van der Waals surface area contributed by atoms with Crippen LogP contribution < -0.4 is 21.3 Å². The van der Waals surface area contributed by atoms with Crippen molar-refractivity contribution in [3.8, 4) is 6.01 Å². The van der Waals surface area contributed by atoms with Gasteiger partial charge in [0.05, 0.1) is 6.61 Å². The number of nitrogens with two attached hydrogens (primary N) is 1. The van der Waals surface area contributed by atoms with E-state index in [0.717, 1.165) is 12.1 Å². The number of halogens is 1. The van der Waals surface area contributed by atoms with Crippen LogP contribution in [0.3, 0.4) is 0 Å². The van der Waals surface area contributed by atoms with Gasteiger partial charge in [-0.1, -0.05) is 24.6 Å². The summed E-state index contributed by atoms with van der Waals surface area (Å²) in [5.41, 5.74) is 3.13. The van der Waals surface area contributed by atoms with E-state index in [1.54, 1.807) is 12.1 Å². The van der Waals surface area contributed by atoms with Crippen LogP contribution in [0.25, 0.3) is 0 Å². The molecule has 106 valence electrons. The summed E-state index contributed by atoms with van der Waals surface area (Å²) in [6.07, 6.45) is 0.855. The Hall–Kier alpha value is -2.12. The summed E-state index contributed by atoms with van der Waals surface area (Å²) < 4.78 is 5.38. The van der Waals surface area contributed by atoms with Crippen molar-refractivity contribution < 1.29 is 4.74 Å². The van der Waals surface area contributed by atoms with Crippen LogP contribution in [0.4, 0.5) is 17.6 Å². The summed E-state index contributed by atoms with van der Waals surface area (Å²) in [7, 11) is 0. The van der Waals surface area contributed by atoms with Gasteiger partial charge in [0, 0.05) is 10.7 Å². The van der Waals surface area contributed by atoms with Crippen LogP contribution in [0.5, 0.6) is 6.01 Å². The van der Waals surface area contributed by atoms with Crippen molar-refractivity contribution >= 4 is 29.2 Å². The molecule has 2 rings (SSSR count). The molecule has 4 N–H and O–H groups in total. The first-order chi connectivity index (χ1) is 9.71. The average Bonchev–Trinajstić information content (AvgIpc) is 2.45.